The number of carboxylic acid groups (broad SMARTS) is 1. The van der Waals surface area contributed by atoms with Crippen LogP contribution in [0, 0.1) is 6.92 Å². The molecule has 0 aliphatic rings. The standard InChI is InChI=1S/C13H19NO4/c1-5-14(8(2)3)13(17)12-9(4)7-18-10(12)6-11(15)16/h7-8H,5-6H2,1-4H3,(H,15,16). The molecule has 5 heteroatoms. The molecule has 0 aliphatic heterocycles. The van der Waals surface area contributed by atoms with Crippen molar-refractivity contribution in [2.45, 2.75) is 40.2 Å². The predicted molar refractivity (Wildman–Crippen MR) is 66.6 cm³/mol. The van der Waals surface area contributed by atoms with E-state index >= 15 is 0 Å². The predicted octanol–water partition coefficient (Wildman–Crippen LogP) is 2.09. The van der Waals surface area contributed by atoms with Gasteiger partial charge in [0.25, 0.3) is 5.91 Å². The van der Waals surface area contributed by atoms with E-state index in [9.17, 15) is 9.59 Å². The van der Waals surface area contributed by atoms with E-state index in [-0.39, 0.29) is 24.1 Å². The molecule has 0 aliphatic carbocycles. The number of amides is 1. The van der Waals surface area contributed by atoms with Crippen molar-refractivity contribution in [2.24, 2.45) is 0 Å². The minimum atomic E-state index is -1.01. The Morgan fingerprint density at radius 2 is 2.06 bits per heavy atom. The minimum absolute atomic E-state index is 0.0643. The Hall–Kier alpha value is -1.78. The Labute approximate surface area is 106 Å². The summed E-state index contributed by atoms with van der Waals surface area (Å²) in [4.78, 5) is 24.8. The summed E-state index contributed by atoms with van der Waals surface area (Å²) in [6.45, 7) is 8.06. The summed E-state index contributed by atoms with van der Waals surface area (Å²) in [7, 11) is 0. The first-order valence-electron chi connectivity index (χ1n) is 5.98. The average molecular weight is 253 g/mol. The van der Waals surface area contributed by atoms with Gasteiger partial charge in [0.2, 0.25) is 0 Å². The third kappa shape index (κ3) is 2.91. The smallest absolute Gasteiger partial charge is 0.311 e. The molecule has 1 N–H and O–H groups in total. The van der Waals surface area contributed by atoms with Crippen molar-refractivity contribution in [3.63, 3.8) is 0 Å². The molecule has 1 heterocycles. The van der Waals surface area contributed by atoms with Crippen LogP contribution in [-0.4, -0.2) is 34.5 Å². The second kappa shape index (κ2) is 5.71. The summed E-state index contributed by atoms with van der Waals surface area (Å²) in [5, 5.41) is 8.80. The van der Waals surface area contributed by atoms with Gasteiger partial charge in [0.05, 0.1) is 11.8 Å². The fourth-order valence-corrected chi connectivity index (χ4v) is 1.94. The maximum atomic E-state index is 12.4. The van der Waals surface area contributed by atoms with E-state index in [1.807, 2.05) is 20.8 Å². The van der Waals surface area contributed by atoms with Gasteiger partial charge in [-0.3, -0.25) is 9.59 Å². The molecule has 5 nitrogen and oxygen atoms in total. The molecule has 0 radical (unpaired) electrons. The zero-order valence-corrected chi connectivity index (χ0v) is 11.2. The zero-order valence-electron chi connectivity index (χ0n) is 11.2. The Kier molecular flexibility index (Phi) is 4.53. The van der Waals surface area contributed by atoms with Gasteiger partial charge in [0.1, 0.15) is 12.2 Å². The molecule has 1 aromatic rings. The SMILES string of the molecule is CCN(C(=O)c1c(C)coc1CC(=O)O)C(C)C. The van der Waals surface area contributed by atoms with E-state index in [2.05, 4.69) is 0 Å². The Morgan fingerprint density at radius 1 is 1.44 bits per heavy atom. The zero-order chi connectivity index (χ0) is 13.9. The summed E-state index contributed by atoms with van der Waals surface area (Å²) in [5.41, 5.74) is 1.06. The number of carbonyl (C=O) groups excluding carboxylic acids is 1. The number of aryl methyl sites for hydroxylation is 1. The molecule has 1 rings (SSSR count). The lowest BCUT2D eigenvalue weighted by molar-refractivity contribution is -0.136. The lowest BCUT2D eigenvalue weighted by atomic mass is 10.1. The molecule has 0 atom stereocenters. The number of carbonyl (C=O) groups is 2. The van der Waals surface area contributed by atoms with Crippen LogP contribution in [0.25, 0.3) is 0 Å². The van der Waals surface area contributed by atoms with Crippen LogP contribution < -0.4 is 0 Å². The van der Waals surface area contributed by atoms with Crippen LogP contribution in [0.1, 0.15) is 42.5 Å². The number of furan rings is 1. The van der Waals surface area contributed by atoms with Gasteiger partial charge in [-0.25, -0.2) is 0 Å². The van der Waals surface area contributed by atoms with Gasteiger partial charge in [-0.05, 0) is 27.7 Å². The van der Waals surface area contributed by atoms with E-state index in [1.54, 1.807) is 11.8 Å². The average Bonchev–Trinajstić information content (AvgIpc) is 2.59. The normalized spacial score (nSPS) is 10.7. The minimum Gasteiger partial charge on any atom is -0.481 e. The van der Waals surface area contributed by atoms with E-state index in [0.29, 0.717) is 17.7 Å². The molecular weight excluding hydrogens is 234 g/mol. The van der Waals surface area contributed by atoms with E-state index < -0.39 is 5.97 Å². The number of carboxylic acids is 1. The van der Waals surface area contributed by atoms with Crippen LogP contribution in [0.4, 0.5) is 0 Å². The molecule has 18 heavy (non-hydrogen) atoms. The van der Waals surface area contributed by atoms with Crippen LogP contribution in [0.5, 0.6) is 0 Å². The van der Waals surface area contributed by atoms with Crippen LogP contribution >= 0.6 is 0 Å². The van der Waals surface area contributed by atoms with Gasteiger partial charge in [-0.1, -0.05) is 0 Å². The summed E-state index contributed by atoms with van der Waals surface area (Å²) in [5.74, 6) is -0.954. The Bertz CT molecular complexity index is 448. The van der Waals surface area contributed by atoms with Crippen molar-refractivity contribution in [1.29, 1.82) is 0 Å². The van der Waals surface area contributed by atoms with E-state index in [4.69, 9.17) is 9.52 Å². The number of rotatable bonds is 5. The third-order valence-electron chi connectivity index (χ3n) is 2.80. The van der Waals surface area contributed by atoms with Gasteiger partial charge in [-0.15, -0.1) is 0 Å². The first kappa shape index (κ1) is 14.3. The molecule has 1 aromatic heterocycles. The Balaban J connectivity index is 3.11. The highest BCUT2D eigenvalue weighted by Crippen LogP contribution is 2.20. The molecule has 0 unspecified atom stereocenters. The third-order valence-corrected chi connectivity index (χ3v) is 2.80. The lowest BCUT2D eigenvalue weighted by Crippen LogP contribution is -2.37. The first-order valence-corrected chi connectivity index (χ1v) is 5.98. The monoisotopic (exact) mass is 253 g/mol. The van der Waals surface area contributed by atoms with Gasteiger partial charge in [0.15, 0.2) is 0 Å². The summed E-state index contributed by atoms with van der Waals surface area (Å²) in [6, 6.07) is 0.0643. The van der Waals surface area contributed by atoms with Crippen molar-refractivity contribution in [2.75, 3.05) is 6.54 Å². The van der Waals surface area contributed by atoms with Crippen LogP contribution in [0.15, 0.2) is 10.7 Å². The summed E-state index contributed by atoms with van der Waals surface area (Å²) in [6.07, 6.45) is 1.16. The van der Waals surface area contributed by atoms with Crippen LogP contribution in [0.3, 0.4) is 0 Å². The highest BCUT2D eigenvalue weighted by atomic mass is 16.4. The van der Waals surface area contributed by atoms with Crippen LogP contribution in [0.2, 0.25) is 0 Å². The number of nitrogens with zero attached hydrogens (tertiary/aromatic N) is 1. The van der Waals surface area contributed by atoms with Crippen molar-refractivity contribution in [3.8, 4) is 0 Å². The van der Waals surface area contributed by atoms with E-state index in [1.165, 1.54) is 6.26 Å². The van der Waals surface area contributed by atoms with Crippen molar-refractivity contribution >= 4 is 11.9 Å². The molecule has 1 amide bonds. The molecule has 0 aromatic carbocycles. The second-order valence-electron chi connectivity index (χ2n) is 4.47. The quantitative estimate of drug-likeness (QED) is 0.872. The molecule has 0 saturated carbocycles. The Morgan fingerprint density at radius 3 is 2.50 bits per heavy atom. The molecule has 0 saturated heterocycles. The maximum absolute atomic E-state index is 12.4. The van der Waals surface area contributed by atoms with Gasteiger partial charge in [0, 0.05) is 18.2 Å². The number of hydrogen-bond donors (Lipinski definition) is 1. The number of hydrogen-bond acceptors (Lipinski definition) is 3. The van der Waals surface area contributed by atoms with E-state index in [0.717, 1.165) is 0 Å². The summed E-state index contributed by atoms with van der Waals surface area (Å²) < 4.78 is 5.17. The van der Waals surface area contributed by atoms with Crippen LogP contribution in [-0.2, 0) is 11.2 Å². The molecule has 0 bridgehead atoms. The topological polar surface area (TPSA) is 70.8 Å². The first-order chi connectivity index (χ1) is 8.38. The fraction of sp³-hybridized carbons (Fsp3) is 0.538. The summed E-state index contributed by atoms with van der Waals surface area (Å²) >= 11 is 0. The van der Waals surface area contributed by atoms with Gasteiger partial charge in [-0.2, -0.15) is 0 Å². The second-order valence-corrected chi connectivity index (χ2v) is 4.47. The number of aliphatic carboxylic acids is 1. The van der Waals surface area contributed by atoms with Gasteiger partial charge < -0.3 is 14.4 Å². The lowest BCUT2D eigenvalue weighted by Gasteiger charge is -2.25. The van der Waals surface area contributed by atoms with Gasteiger partial charge >= 0.3 is 5.97 Å². The highest BCUT2D eigenvalue weighted by molar-refractivity contribution is 5.97. The maximum Gasteiger partial charge on any atom is 0.311 e. The molecule has 100 valence electrons. The van der Waals surface area contributed by atoms with Crippen molar-refractivity contribution in [1.82, 2.24) is 4.90 Å². The molecule has 0 spiro atoms. The van der Waals surface area contributed by atoms with Crippen molar-refractivity contribution < 1.29 is 19.1 Å². The fourth-order valence-electron chi connectivity index (χ4n) is 1.94. The van der Waals surface area contributed by atoms with Crippen molar-refractivity contribution in [3.05, 3.63) is 23.2 Å². The highest BCUT2D eigenvalue weighted by Gasteiger charge is 2.25. The largest absolute Gasteiger partial charge is 0.481 e. The molecule has 0 fully saturated rings. The molecular formula is C13H19NO4.